The van der Waals surface area contributed by atoms with Crippen molar-refractivity contribution >= 4 is 71.5 Å². The standard InChI is InChI=1S/C9H5BrClIS/c10-7-2-5-1-6(4-11)13-9(5)3-8(7)12/h1-3H,4H2. The molecule has 0 amide bonds. The van der Waals surface area contributed by atoms with Gasteiger partial charge in [-0.3, -0.25) is 0 Å². The molecule has 4 heteroatoms. The van der Waals surface area contributed by atoms with Crippen molar-refractivity contribution in [3.63, 3.8) is 0 Å². The van der Waals surface area contributed by atoms with Gasteiger partial charge in [-0.05, 0) is 62.1 Å². The van der Waals surface area contributed by atoms with E-state index in [1.54, 1.807) is 11.3 Å². The van der Waals surface area contributed by atoms with E-state index in [1.165, 1.54) is 18.5 Å². The SMILES string of the molecule is ClCc1cc2cc(Br)c(I)cc2s1. The Balaban J connectivity index is 2.70. The highest BCUT2D eigenvalue weighted by Gasteiger charge is 2.04. The van der Waals surface area contributed by atoms with E-state index in [2.05, 4.69) is 56.7 Å². The van der Waals surface area contributed by atoms with Crippen molar-refractivity contribution < 1.29 is 0 Å². The molecule has 1 aromatic heterocycles. The van der Waals surface area contributed by atoms with Gasteiger partial charge >= 0.3 is 0 Å². The fraction of sp³-hybridized carbons (Fsp3) is 0.111. The molecule has 0 atom stereocenters. The minimum absolute atomic E-state index is 0.605. The van der Waals surface area contributed by atoms with Crippen LogP contribution < -0.4 is 0 Å². The van der Waals surface area contributed by atoms with Crippen LogP contribution in [-0.4, -0.2) is 0 Å². The van der Waals surface area contributed by atoms with Crippen molar-refractivity contribution in [2.45, 2.75) is 5.88 Å². The second kappa shape index (κ2) is 4.04. The maximum atomic E-state index is 5.77. The maximum absolute atomic E-state index is 5.77. The molecule has 13 heavy (non-hydrogen) atoms. The molecule has 0 nitrogen and oxygen atoms in total. The quantitative estimate of drug-likeness (QED) is 0.477. The zero-order valence-corrected chi connectivity index (χ0v) is 11.8. The highest BCUT2D eigenvalue weighted by atomic mass is 127. The summed E-state index contributed by atoms with van der Waals surface area (Å²) in [5.41, 5.74) is 0. The number of hydrogen-bond donors (Lipinski definition) is 0. The van der Waals surface area contributed by atoms with E-state index >= 15 is 0 Å². The Morgan fingerprint density at radius 3 is 2.85 bits per heavy atom. The van der Waals surface area contributed by atoms with Crippen LogP contribution in [0, 0.1) is 3.57 Å². The zero-order valence-electron chi connectivity index (χ0n) is 6.48. The molecule has 0 saturated heterocycles. The van der Waals surface area contributed by atoms with Gasteiger partial charge in [0.15, 0.2) is 0 Å². The first kappa shape index (κ1) is 10.2. The lowest BCUT2D eigenvalue weighted by Crippen LogP contribution is -1.71. The van der Waals surface area contributed by atoms with Crippen molar-refractivity contribution in [3.8, 4) is 0 Å². The topological polar surface area (TPSA) is 0 Å². The van der Waals surface area contributed by atoms with Crippen LogP contribution in [0.15, 0.2) is 22.7 Å². The van der Waals surface area contributed by atoms with Crippen LogP contribution in [0.25, 0.3) is 10.1 Å². The van der Waals surface area contributed by atoms with Crippen LogP contribution in [-0.2, 0) is 5.88 Å². The Morgan fingerprint density at radius 1 is 1.38 bits per heavy atom. The lowest BCUT2D eigenvalue weighted by molar-refractivity contribution is 1.54. The van der Waals surface area contributed by atoms with Crippen LogP contribution >= 0.6 is 61.5 Å². The summed E-state index contributed by atoms with van der Waals surface area (Å²) in [6.07, 6.45) is 0. The smallest absolute Gasteiger partial charge is 0.0568 e. The first-order chi connectivity index (χ1) is 6.20. The fourth-order valence-corrected chi connectivity index (χ4v) is 3.37. The largest absolute Gasteiger partial charge is 0.139 e. The van der Waals surface area contributed by atoms with E-state index in [9.17, 15) is 0 Å². The zero-order chi connectivity index (χ0) is 9.42. The molecule has 0 aliphatic heterocycles. The molecule has 1 aromatic carbocycles. The second-order valence-corrected chi connectivity index (χ2v) is 6.10. The molecule has 2 aromatic rings. The molecule has 0 bridgehead atoms. The van der Waals surface area contributed by atoms with E-state index in [0.717, 1.165) is 4.47 Å². The third-order valence-corrected chi connectivity index (χ3v) is 5.58. The lowest BCUT2D eigenvalue weighted by Gasteiger charge is -1.94. The molecular formula is C9H5BrClIS. The minimum atomic E-state index is 0.605. The maximum Gasteiger partial charge on any atom is 0.0568 e. The van der Waals surface area contributed by atoms with Crippen LogP contribution in [0.5, 0.6) is 0 Å². The third-order valence-electron chi connectivity index (χ3n) is 1.74. The fourth-order valence-electron chi connectivity index (χ4n) is 1.16. The predicted molar refractivity (Wildman–Crippen MR) is 71.8 cm³/mol. The molecule has 0 spiro atoms. The van der Waals surface area contributed by atoms with E-state index in [1.807, 2.05) is 0 Å². The van der Waals surface area contributed by atoms with Gasteiger partial charge in [0.05, 0.1) is 5.88 Å². The second-order valence-electron chi connectivity index (χ2n) is 2.65. The normalized spacial score (nSPS) is 11.0. The summed E-state index contributed by atoms with van der Waals surface area (Å²) in [6, 6.07) is 6.47. The van der Waals surface area contributed by atoms with Gasteiger partial charge in [0.2, 0.25) is 0 Å². The predicted octanol–water partition coefficient (Wildman–Crippen LogP) is 5.01. The Bertz CT molecular complexity index is 413. The number of fused-ring (bicyclic) bond motifs is 1. The summed E-state index contributed by atoms with van der Waals surface area (Å²) in [5.74, 6) is 0.605. The highest BCUT2D eigenvalue weighted by Crippen LogP contribution is 2.32. The first-order valence-electron chi connectivity index (χ1n) is 3.64. The van der Waals surface area contributed by atoms with Gasteiger partial charge in [-0.2, -0.15) is 0 Å². The number of alkyl halides is 1. The summed E-state index contributed by atoms with van der Waals surface area (Å²) in [5, 5.41) is 1.27. The molecule has 0 N–H and O–H groups in total. The number of hydrogen-bond acceptors (Lipinski definition) is 1. The van der Waals surface area contributed by atoms with Crippen molar-refractivity contribution in [3.05, 3.63) is 31.1 Å². The summed E-state index contributed by atoms with van der Waals surface area (Å²) in [7, 11) is 0. The summed E-state index contributed by atoms with van der Waals surface area (Å²) in [4.78, 5) is 1.23. The monoisotopic (exact) mass is 386 g/mol. The summed E-state index contributed by atoms with van der Waals surface area (Å²) in [6.45, 7) is 0. The van der Waals surface area contributed by atoms with Gasteiger partial charge in [-0.1, -0.05) is 0 Å². The molecule has 1 heterocycles. The third kappa shape index (κ3) is 2.03. The Hall–Kier alpha value is 0.680. The average molecular weight is 387 g/mol. The molecule has 0 saturated carbocycles. The Labute approximate surface area is 108 Å². The molecule has 0 unspecified atom stereocenters. The van der Waals surface area contributed by atoms with Gasteiger partial charge in [0.1, 0.15) is 0 Å². The average Bonchev–Trinajstić information content (AvgIpc) is 2.48. The van der Waals surface area contributed by atoms with Crippen LogP contribution in [0.1, 0.15) is 4.88 Å². The number of rotatable bonds is 1. The molecule has 2 rings (SSSR count). The number of benzene rings is 1. The summed E-state index contributed by atoms with van der Waals surface area (Å²) < 4.78 is 3.70. The lowest BCUT2D eigenvalue weighted by atomic mass is 10.2. The van der Waals surface area contributed by atoms with E-state index < -0.39 is 0 Å². The molecule has 0 aliphatic carbocycles. The number of halogens is 3. The molecule has 0 aliphatic rings. The molecule has 0 fully saturated rings. The first-order valence-corrected chi connectivity index (χ1v) is 6.86. The van der Waals surface area contributed by atoms with Crippen molar-refractivity contribution in [1.29, 1.82) is 0 Å². The van der Waals surface area contributed by atoms with Gasteiger partial charge in [-0.15, -0.1) is 22.9 Å². The van der Waals surface area contributed by atoms with E-state index in [-0.39, 0.29) is 0 Å². The van der Waals surface area contributed by atoms with E-state index in [0.29, 0.717) is 5.88 Å². The van der Waals surface area contributed by atoms with Gasteiger partial charge in [0.25, 0.3) is 0 Å². The molecule has 68 valence electrons. The Morgan fingerprint density at radius 2 is 2.15 bits per heavy atom. The summed E-state index contributed by atoms with van der Waals surface area (Å²) >= 11 is 13.4. The molecule has 0 radical (unpaired) electrons. The minimum Gasteiger partial charge on any atom is -0.139 e. The van der Waals surface area contributed by atoms with Crippen molar-refractivity contribution in [2.24, 2.45) is 0 Å². The van der Waals surface area contributed by atoms with Crippen LogP contribution in [0.4, 0.5) is 0 Å². The number of thiophene rings is 1. The van der Waals surface area contributed by atoms with Crippen LogP contribution in [0.2, 0.25) is 0 Å². The van der Waals surface area contributed by atoms with E-state index in [4.69, 9.17) is 11.6 Å². The van der Waals surface area contributed by atoms with Crippen molar-refractivity contribution in [2.75, 3.05) is 0 Å². The van der Waals surface area contributed by atoms with Crippen LogP contribution in [0.3, 0.4) is 0 Å². The van der Waals surface area contributed by atoms with Gasteiger partial charge in [-0.25, -0.2) is 0 Å². The van der Waals surface area contributed by atoms with Gasteiger partial charge in [0, 0.05) is 17.6 Å². The Kier molecular flexibility index (Phi) is 3.18. The molecular weight excluding hydrogens is 382 g/mol. The highest BCUT2D eigenvalue weighted by molar-refractivity contribution is 14.1. The van der Waals surface area contributed by atoms with Gasteiger partial charge < -0.3 is 0 Å². The van der Waals surface area contributed by atoms with Crippen molar-refractivity contribution in [1.82, 2.24) is 0 Å².